The van der Waals surface area contributed by atoms with Gasteiger partial charge in [0.05, 0.1) is 5.69 Å². The van der Waals surface area contributed by atoms with Crippen LogP contribution < -0.4 is 10.1 Å². The Morgan fingerprint density at radius 1 is 1.00 bits per heavy atom. The van der Waals surface area contributed by atoms with Crippen LogP contribution in [0.1, 0.15) is 0 Å². The Bertz CT molecular complexity index is 617. The van der Waals surface area contributed by atoms with Crippen LogP contribution in [0.4, 0.5) is 23.7 Å². The summed E-state index contributed by atoms with van der Waals surface area (Å²) in [6.45, 7) is 0. The smallest absolute Gasteiger partial charge is 0.407 e. The molecule has 2 rings (SSSR count). The predicted molar refractivity (Wildman–Crippen MR) is 62.4 cm³/mol. The van der Waals surface area contributed by atoms with Gasteiger partial charge >= 0.3 is 6.09 Å². The van der Waals surface area contributed by atoms with Gasteiger partial charge in [-0.15, -0.1) is 0 Å². The summed E-state index contributed by atoms with van der Waals surface area (Å²) in [5, 5.41) is 2.04. The first-order chi connectivity index (χ1) is 9.06. The SMILES string of the molecule is O=C(Nc1ccc(F)cc1F)Oc1ccccc1F. The first-order valence-corrected chi connectivity index (χ1v) is 5.24. The van der Waals surface area contributed by atoms with Gasteiger partial charge in [-0.3, -0.25) is 5.32 Å². The Labute approximate surface area is 106 Å². The molecule has 0 spiro atoms. The van der Waals surface area contributed by atoms with Crippen molar-refractivity contribution in [2.24, 2.45) is 0 Å². The van der Waals surface area contributed by atoms with Gasteiger partial charge in [0.25, 0.3) is 0 Å². The molecule has 0 bridgehead atoms. The Morgan fingerprint density at radius 2 is 1.74 bits per heavy atom. The van der Waals surface area contributed by atoms with E-state index >= 15 is 0 Å². The van der Waals surface area contributed by atoms with Crippen LogP contribution in [0.25, 0.3) is 0 Å². The molecule has 2 aromatic carbocycles. The maximum absolute atomic E-state index is 13.2. The zero-order valence-electron chi connectivity index (χ0n) is 9.49. The average Bonchev–Trinajstić information content (AvgIpc) is 2.36. The Kier molecular flexibility index (Phi) is 3.70. The molecule has 0 aromatic heterocycles. The normalized spacial score (nSPS) is 10.1. The lowest BCUT2D eigenvalue weighted by Crippen LogP contribution is -2.18. The molecule has 0 unspecified atom stereocenters. The highest BCUT2D eigenvalue weighted by Gasteiger charge is 2.11. The Morgan fingerprint density at radius 3 is 2.42 bits per heavy atom. The lowest BCUT2D eigenvalue weighted by Gasteiger charge is -2.07. The summed E-state index contributed by atoms with van der Waals surface area (Å²) in [5.41, 5.74) is -0.261. The number of nitrogens with one attached hydrogen (secondary N) is 1. The molecule has 0 heterocycles. The van der Waals surface area contributed by atoms with Crippen LogP contribution in [0.5, 0.6) is 5.75 Å². The number of rotatable bonds is 2. The van der Waals surface area contributed by atoms with Gasteiger partial charge in [0.1, 0.15) is 11.6 Å². The highest BCUT2D eigenvalue weighted by Crippen LogP contribution is 2.18. The molecule has 0 atom stereocenters. The number of hydrogen-bond acceptors (Lipinski definition) is 2. The third-order valence-electron chi connectivity index (χ3n) is 2.21. The molecular weight excluding hydrogens is 259 g/mol. The van der Waals surface area contributed by atoms with Gasteiger partial charge in [-0.05, 0) is 24.3 Å². The fraction of sp³-hybridized carbons (Fsp3) is 0. The van der Waals surface area contributed by atoms with Gasteiger partial charge < -0.3 is 4.74 Å². The molecule has 1 N–H and O–H groups in total. The number of halogens is 3. The highest BCUT2D eigenvalue weighted by atomic mass is 19.1. The molecular formula is C13H8F3NO2. The van der Waals surface area contributed by atoms with E-state index in [0.717, 1.165) is 18.2 Å². The number of amides is 1. The van der Waals surface area contributed by atoms with Crippen LogP contribution in [-0.4, -0.2) is 6.09 Å². The molecule has 0 fully saturated rings. The molecule has 0 radical (unpaired) electrons. The second-order valence-corrected chi connectivity index (χ2v) is 3.57. The summed E-state index contributed by atoms with van der Waals surface area (Å²) in [6.07, 6.45) is -1.07. The number of ether oxygens (including phenoxy) is 1. The zero-order valence-corrected chi connectivity index (χ0v) is 9.49. The molecule has 0 saturated heterocycles. The van der Waals surface area contributed by atoms with E-state index in [1.54, 1.807) is 0 Å². The number of benzene rings is 2. The van der Waals surface area contributed by atoms with Crippen molar-refractivity contribution in [1.29, 1.82) is 0 Å². The number of carbonyl (C=O) groups is 1. The average molecular weight is 267 g/mol. The third kappa shape index (κ3) is 3.25. The minimum atomic E-state index is -1.07. The van der Waals surface area contributed by atoms with Crippen molar-refractivity contribution in [3.63, 3.8) is 0 Å². The van der Waals surface area contributed by atoms with E-state index < -0.39 is 23.5 Å². The van der Waals surface area contributed by atoms with E-state index in [1.165, 1.54) is 18.2 Å². The van der Waals surface area contributed by atoms with Crippen LogP contribution >= 0.6 is 0 Å². The molecule has 98 valence electrons. The Hall–Kier alpha value is -2.50. The predicted octanol–water partition coefficient (Wildman–Crippen LogP) is 3.71. The van der Waals surface area contributed by atoms with E-state index in [2.05, 4.69) is 4.74 Å². The first-order valence-electron chi connectivity index (χ1n) is 5.24. The number of hydrogen-bond donors (Lipinski definition) is 1. The van der Waals surface area contributed by atoms with E-state index in [-0.39, 0.29) is 11.4 Å². The van der Waals surface area contributed by atoms with E-state index in [1.807, 2.05) is 5.32 Å². The topological polar surface area (TPSA) is 38.3 Å². The van der Waals surface area contributed by atoms with Crippen molar-refractivity contribution in [2.75, 3.05) is 5.32 Å². The Balaban J connectivity index is 2.08. The fourth-order valence-electron chi connectivity index (χ4n) is 1.35. The molecule has 2 aromatic rings. The van der Waals surface area contributed by atoms with Crippen molar-refractivity contribution in [2.45, 2.75) is 0 Å². The second-order valence-electron chi connectivity index (χ2n) is 3.57. The second kappa shape index (κ2) is 5.43. The van der Waals surface area contributed by atoms with Crippen molar-refractivity contribution in [1.82, 2.24) is 0 Å². The van der Waals surface area contributed by atoms with Gasteiger partial charge in [-0.2, -0.15) is 0 Å². The fourth-order valence-corrected chi connectivity index (χ4v) is 1.35. The van der Waals surface area contributed by atoms with Crippen LogP contribution in [0, 0.1) is 17.5 Å². The lowest BCUT2D eigenvalue weighted by atomic mass is 10.3. The van der Waals surface area contributed by atoms with Crippen molar-refractivity contribution in [3.8, 4) is 5.75 Å². The minimum absolute atomic E-state index is 0.261. The van der Waals surface area contributed by atoms with E-state index in [9.17, 15) is 18.0 Å². The minimum Gasteiger partial charge on any atom is -0.407 e. The van der Waals surface area contributed by atoms with Gasteiger partial charge in [0, 0.05) is 6.07 Å². The van der Waals surface area contributed by atoms with E-state index in [0.29, 0.717) is 6.07 Å². The molecule has 1 amide bonds. The third-order valence-corrected chi connectivity index (χ3v) is 2.21. The van der Waals surface area contributed by atoms with Crippen LogP contribution in [-0.2, 0) is 0 Å². The van der Waals surface area contributed by atoms with Crippen LogP contribution in [0.2, 0.25) is 0 Å². The van der Waals surface area contributed by atoms with Crippen LogP contribution in [0.15, 0.2) is 42.5 Å². The maximum atomic E-state index is 13.2. The summed E-state index contributed by atoms with van der Waals surface area (Å²) in [5.74, 6) is -2.74. The molecule has 6 heteroatoms. The molecule has 0 saturated carbocycles. The lowest BCUT2D eigenvalue weighted by molar-refractivity contribution is 0.213. The number of para-hydroxylation sites is 1. The molecule has 0 aliphatic heterocycles. The maximum Gasteiger partial charge on any atom is 0.417 e. The van der Waals surface area contributed by atoms with Crippen molar-refractivity contribution in [3.05, 3.63) is 59.9 Å². The number of anilines is 1. The monoisotopic (exact) mass is 267 g/mol. The first kappa shape index (κ1) is 12.9. The molecule has 0 aliphatic carbocycles. The van der Waals surface area contributed by atoms with Crippen LogP contribution in [0.3, 0.4) is 0 Å². The van der Waals surface area contributed by atoms with Gasteiger partial charge in [-0.1, -0.05) is 12.1 Å². The van der Waals surface area contributed by atoms with Gasteiger partial charge in [-0.25, -0.2) is 18.0 Å². The summed E-state index contributed by atoms with van der Waals surface area (Å²) in [4.78, 5) is 11.4. The summed E-state index contributed by atoms with van der Waals surface area (Å²) in [6, 6.07) is 7.88. The zero-order chi connectivity index (χ0) is 13.8. The standard InChI is InChI=1S/C13H8F3NO2/c14-8-5-6-11(10(16)7-8)17-13(18)19-12-4-2-1-3-9(12)15/h1-7H,(H,17,18). The largest absolute Gasteiger partial charge is 0.417 e. The summed E-state index contributed by atoms with van der Waals surface area (Å²) in [7, 11) is 0. The highest BCUT2D eigenvalue weighted by molar-refractivity contribution is 5.86. The molecule has 3 nitrogen and oxygen atoms in total. The van der Waals surface area contributed by atoms with Gasteiger partial charge in [0.15, 0.2) is 11.6 Å². The van der Waals surface area contributed by atoms with Crippen molar-refractivity contribution < 1.29 is 22.7 Å². The summed E-state index contributed by atoms with van der Waals surface area (Å²) < 4.78 is 43.7. The molecule has 0 aliphatic rings. The van der Waals surface area contributed by atoms with Gasteiger partial charge in [0.2, 0.25) is 0 Å². The number of carbonyl (C=O) groups excluding carboxylic acids is 1. The van der Waals surface area contributed by atoms with Crippen molar-refractivity contribution >= 4 is 11.8 Å². The quantitative estimate of drug-likeness (QED) is 0.900. The summed E-state index contributed by atoms with van der Waals surface area (Å²) >= 11 is 0. The molecule has 19 heavy (non-hydrogen) atoms. The van der Waals surface area contributed by atoms with E-state index in [4.69, 9.17) is 0 Å².